The van der Waals surface area contributed by atoms with Crippen molar-refractivity contribution in [2.75, 3.05) is 18.0 Å². The summed E-state index contributed by atoms with van der Waals surface area (Å²) in [5.74, 6) is 2.50. The van der Waals surface area contributed by atoms with Crippen LogP contribution < -0.4 is 4.90 Å². The highest BCUT2D eigenvalue weighted by atomic mass is 16.1. The van der Waals surface area contributed by atoms with Crippen LogP contribution >= 0.6 is 0 Å². The Hall–Kier alpha value is -1.90. The monoisotopic (exact) mass is 266 g/mol. The Kier molecular flexibility index (Phi) is 2.72. The Balaban J connectivity index is 1.76. The van der Waals surface area contributed by atoms with Gasteiger partial charge in [-0.25, -0.2) is 4.98 Å². The zero-order valence-corrected chi connectivity index (χ0v) is 11.5. The minimum Gasteiger partial charge on any atom is -0.355 e. The van der Waals surface area contributed by atoms with E-state index in [-0.39, 0.29) is 0 Å². The second-order valence-electron chi connectivity index (χ2n) is 6.07. The minimum absolute atomic E-state index is 0.726. The summed E-state index contributed by atoms with van der Waals surface area (Å²) in [5.41, 5.74) is 1.70. The van der Waals surface area contributed by atoms with Gasteiger partial charge in [0.1, 0.15) is 5.82 Å². The number of hydrogen-bond donors (Lipinski definition) is 0. The van der Waals surface area contributed by atoms with E-state index in [1.807, 2.05) is 30.3 Å². The van der Waals surface area contributed by atoms with Gasteiger partial charge in [-0.1, -0.05) is 24.6 Å². The molecule has 20 heavy (non-hydrogen) atoms. The van der Waals surface area contributed by atoms with E-state index >= 15 is 0 Å². The van der Waals surface area contributed by atoms with Gasteiger partial charge in [-0.3, -0.25) is 4.79 Å². The molecule has 1 aromatic carbocycles. The molecule has 2 fully saturated rings. The maximum atomic E-state index is 11.4. The lowest BCUT2D eigenvalue weighted by molar-refractivity contribution is 0.112. The molecule has 102 valence electrons. The molecule has 0 amide bonds. The number of nitrogens with zero attached hydrogens (tertiary/aromatic N) is 2. The molecule has 2 heterocycles. The van der Waals surface area contributed by atoms with E-state index in [1.165, 1.54) is 19.3 Å². The highest BCUT2D eigenvalue weighted by molar-refractivity contribution is 5.91. The van der Waals surface area contributed by atoms with Crippen molar-refractivity contribution >= 4 is 23.0 Å². The number of fused-ring (bicyclic) bond motifs is 2. The molecule has 1 saturated carbocycles. The summed E-state index contributed by atoms with van der Waals surface area (Å²) in [4.78, 5) is 18.5. The van der Waals surface area contributed by atoms with Crippen LogP contribution in [-0.2, 0) is 0 Å². The van der Waals surface area contributed by atoms with E-state index in [2.05, 4.69) is 4.90 Å². The lowest BCUT2D eigenvalue weighted by Crippen LogP contribution is -2.23. The van der Waals surface area contributed by atoms with Crippen molar-refractivity contribution in [3.8, 4) is 0 Å². The van der Waals surface area contributed by atoms with E-state index in [4.69, 9.17) is 4.98 Å². The third-order valence-corrected chi connectivity index (χ3v) is 4.89. The molecule has 0 radical (unpaired) electrons. The Morgan fingerprint density at radius 3 is 2.65 bits per heavy atom. The van der Waals surface area contributed by atoms with Crippen LogP contribution in [0.3, 0.4) is 0 Å². The van der Waals surface area contributed by atoms with Gasteiger partial charge in [0.25, 0.3) is 0 Å². The molecule has 1 aliphatic carbocycles. The molecular weight excluding hydrogens is 248 g/mol. The largest absolute Gasteiger partial charge is 0.355 e. The van der Waals surface area contributed by atoms with Gasteiger partial charge in [0.2, 0.25) is 0 Å². The summed E-state index contributed by atoms with van der Waals surface area (Å²) in [6.07, 6.45) is 4.99. The number of anilines is 1. The van der Waals surface area contributed by atoms with Gasteiger partial charge in [0, 0.05) is 18.5 Å². The van der Waals surface area contributed by atoms with Gasteiger partial charge >= 0.3 is 0 Å². The number of para-hydroxylation sites is 1. The fourth-order valence-electron chi connectivity index (χ4n) is 3.87. The third kappa shape index (κ3) is 1.80. The molecule has 2 atom stereocenters. The van der Waals surface area contributed by atoms with E-state index in [0.717, 1.165) is 53.5 Å². The predicted molar refractivity (Wildman–Crippen MR) is 80.2 cm³/mol. The molecule has 0 bridgehead atoms. The van der Waals surface area contributed by atoms with Crippen LogP contribution in [0.1, 0.15) is 29.6 Å². The molecule has 3 heteroatoms. The van der Waals surface area contributed by atoms with Gasteiger partial charge in [0.05, 0.1) is 11.1 Å². The molecule has 1 aliphatic heterocycles. The summed E-state index contributed by atoms with van der Waals surface area (Å²) in [5, 5.41) is 1.04. The molecule has 1 aromatic heterocycles. The maximum Gasteiger partial charge on any atom is 0.153 e. The number of carbonyl (C=O) groups is 1. The molecule has 3 nitrogen and oxygen atoms in total. The summed E-state index contributed by atoms with van der Waals surface area (Å²) in [7, 11) is 0. The highest BCUT2D eigenvalue weighted by Crippen LogP contribution is 2.40. The molecular formula is C17H18N2O. The van der Waals surface area contributed by atoms with E-state index < -0.39 is 0 Å². The number of hydrogen-bond acceptors (Lipinski definition) is 3. The first kappa shape index (κ1) is 11.9. The number of rotatable bonds is 2. The van der Waals surface area contributed by atoms with Crippen LogP contribution in [0.4, 0.5) is 5.82 Å². The van der Waals surface area contributed by atoms with Crippen LogP contribution in [0.15, 0.2) is 30.3 Å². The fraction of sp³-hybridized carbons (Fsp3) is 0.412. The summed E-state index contributed by atoms with van der Waals surface area (Å²) < 4.78 is 0. The number of aromatic nitrogens is 1. The van der Waals surface area contributed by atoms with Crippen LogP contribution in [0.25, 0.3) is 10.9 Å². The fourth-order valence-corrected chi connectivity index (χ4v) is 3.87. The van der Waals surface area contributed by atoms with Crippen LogP contribution in [0.5, 0.6) is 0 Å². The van der Waals surface area contributed by atoms with E-state index in [9.17, 15) is 4.79 Å². The molecule has 2 unspecified atom stereocenters. The topological polar surface area (TPSA) is 33.2 Å². The van der Waals surface area contributed by atoms with Crippen LogP contribution in [0, 0.1) is 11.8 Å². The Morgan fingerprint density at radius 1 is 1.15 bits per heavy atom. The molecule has 1 saturated heterocycles. The second kappa shape index (κ2) is 4.58. The zero-order valence-electron chi connectivity index (χ0n) is 11.5. The van der Waals surface area contributed by atoms with Crippen molar-refractivity contribution in [3.63, 3.8) is 0 Å². The molecule has 0 spiro atoms. The predicted octanol–water partition coefficient (Wildman–Crippen LogP) is 3.28. The average Bonchev–Trinajstić information content (AvgIpc) is 3.07. The van der Waals surface area contributed by atoms with Crippen LogP contribution in [0.2, 0.25) is 0 Å². The van der Waals surface area contributed by atoms with Crippen molar-refractivity contribution in [1.29, 1.82) is 0 Å². The zero-order chi connectivity index (χ0) is 13.5. The van der Waals surface area contributed by atoms with Gasteiger partial charge in [-0.15, -0.1) is 0 Å². The Bertz CT molecular complexity index is 655. The SMILES string of the molecule is O=Cc1cc2ccccc2nc1N1CC2CCCC2C1. The number of aldehydes is 1. The lowest BCUT2D eigenvalue weighted by Gasteiger charge is -2.20. The second-order valence-corrected chi connectivity index (χ2v) is 6.07. The van der Waals surface area contributed by atoms with Crippen molar-refractivity contribution in [2.45, 2.75) is 19.3 Å². The first-order chi connectivity index (χ1) is 9.85. The average molecular weight is 266 g/mol. The van der Waals surface area contributed by atoms with E-state index in [1.54, 1.807) is 0 Å². The molecule has 2 aliphatic rings. The normalized spacial score (nSPS) is 25.1. The van der Waals surface area contributed by atoms with Gasteiger partial charge in [-0.05, 0) is 36.8 Å². The van der Waals surface area contributed by atoms with Crippen molar-refractivity contribution < 1.29 is 4.79 Å². The smallest absolute Gasteiger partial charge is 0.153 e. The highest BCUT2D eigenvalue weighted by Gasteiger charge is 2.37. The van der Waals surface area contributed by atoms with Gasteiger partial charge in [-0.2, -0.15) is 0 Å². The molecule has 4 rings (SSSR count). The summed E-state index contributed by atoms with van der Waals surface area (Å²) in [6.45, 7) is 2.13. The Labute approximate surface area is 118 Å². The van der Waals surface area contributed by atoms with Crippen molar-refractivity contribution in [1.82, 2.24) is 4.98 Å². The van der Waals surface area contributed by atoms with Gasteiger partial charge < -0.3 is 4.90 Å². The minimum atomic E-state index is 0.726. The summed E-state index contributed by atoms with van der Waals surface area (Å²) in [6, 6.07) is 9.98. The van der Waals surface area contributed by atoms with Crippen LogP contribution in [-0.4, -0.2) is 24.4 Å². The number of benzene rings is 1. The summed E-state index contributed by atoms with van der Waals surface area (Å²) >= 11 is 0. The van der Waals surface area contributed by atoms with Crippen molar-refractivity contribution in [2.24, 2.45) is 11.8 Å². The van der Waals surface area contributed by atoms with Gasteiger partial charge in [0.15, 0.2) is 6.29 Å². The molecule has 2 aromatic rings. The number of pyridine rings is 1. The first-order valence-electron chi connectivity index (χ1n) is 7.45. The standard InChI is InChI=1S/C17H18N2O/c20-11-15-8-12-4-1-2-7-16(12)18-17(15)19-9-13-5-3-6-14(13)10-19/h1-2,4,7-8,11,13-14H,3,5-6,9-10H2. The Morgan fingerprint density at radius 2 is 1.90 bits per heavy atom. The lowest BCUT2D eigenvalue weighted by atomic mass is 10.0. The maximum absolute atomic E-state index is 11.4. The van der Waals surface area contributed by atoms with Crippen molar-refractivity contribution in [3.05, 3.63) is 35.9 Å². The third-order valence-electron chi connectivity index (χ3n) is 4.89. The first-order valence-corrected chi connectivity index (χ1v) is 7.45. The molecule has 0 N–H and O–H groups in total. The quantitative estimate of drug-likeness (QED) is 0.782. The number of carbonyl (C=O) groups excluding carboxylic acids is 1. The van der Waals surface area contributed by atoms with E-state index in [0.29, 0.717) is 0 Å².